The Hall–Kier alpha value is -2.88. The van der Waals surface area contributed by atoms with Gasteiger partial charge in [-0.15, -0.1) is 0 Å². The van der Waals surface area contributed by atoms with Gasteiger partial charge in [0.05, 0.1) is 17.5 Å². The molecule has 0 saturated carbocycles. The Kier molecular flexibility index (Phi) is 7.70. The Balaban J connectivity index is 1.86. The molecule has 2 aromatic rings. The molecule has 0 unspecified atom stereocenters. The van der Waals surface area contributed by atoms with E-state index in [-0.39, 0.29) is 18.1 Å². The van der Waals surface area contributed by atoms with Crippen LogP contribution in [0.1, 0.15) is 41.5 Å². The fourth-order valence-electron chi connectivity index (χ4n) is 3.87. The van der Waals surface area contributed by atoms with E-state index in [1.165, 1.54) is 19.2 Å². The quantitative estimate of drug-likeness (QED) is 0.520. The van der Waals surface area contributed by atoms with Gasteiger partial charge in [-0.05, 0) is 73.0 Å². The minimum atomic E-state index is -4.96. The Morgan fingerprint density at radius 3 is 1.94 bits per heavy atom. The zero-order chi connectivity index (χ0) is 25.1. The molecule has 1 aliphatic heterocycles. The molecule has 10 heteroatoms. The molecule has 0 aromatic heterocycles. The third-order valence-corrected chi connectivity index (χ3v) is 5.65. The zero-order valence-corrected chi connectivity index (χ0v) is 18.3. The van der Waals surface area contributed by atoms with Crippen molar-refractivity contribution in [2.24, 2.45) is 0 Å². The van der Waals surface area contributed by atoms with E-state index in [0.717, 1.165) is 10.5 Å². The molecule has 2 aromatic carbocycles. The lowest BCUT2D eigenvalue weighted by Crippen LogP contribution is -2.28. The van der Waals surface area contributed by atoms with E-state index in [1.54, 1.807) is 12.1 Å². The monoisotopic (exact) mass is 488 g/mol. The number of halogens is 7. The summed E-state index contributed by atoms with van der Waals surface area (Å²) in [5.41, 5.74) is -0.790. The minimum Gasteiger partial charge on any atom is -0.341 e. The van der Waals surface area contributed by atoms with Crippen molar-refractivity contribution in [1.29, 1.82) is 0 Å². The van der Waals surface area contributed by atoms with Gasteiger partial charge in [-0.3, -0.25) is 4.79 Å². The van der Waals surface area contributed by atoms with Crippen LogP contribution in [-0.2, 0) is 23.7 Å². The van der Waals surface area contributed by atoms with Crippen LogP contribution in [-0.4, -0.2) is 30.9 Å². The first-order chi connectivity index (χ1) is 15.8. The third-order valence-electron chi connectivity index (χ3n) is 5.65. The predicted octanol–water partition coefficient (Wildman–Crippen LogP) is 6.05. The van der Waals surface area contributed by atoms with Crippen LogP contribution in [0.4, 0.5) is 30.7 Å². The average Bonchev–Trinajstić information content (AvgIpc) is 2.77. The number of hydrogen-bond acceptors (Lipinski definition) is 2. The van der Waals surface area contributed by atoms with E-state index in [2.05, 4.69) is 5.32 Å². The Morgan fingerprint density at radius 2 is 1.44 bits per heavy atom. The third kappa shape index (κ3) is 6.59. The van der Waals surface area contributed by atoms with Gasteiger partial charge in [0, 0.05) is 13.6 Å². The standard InChI is InChI=1S/C24H23F7N2O/c1-33(14-15-10-18(23(26,27)28)12-19(11-15)24(29,30)31)22(34)13-21(17-6-8-32-9-7-17)16-2-4-20(25)5-3-16/h2-5,10-12,32H,6-9,13-14H2,1H3. The molecule has 184 valence electrons. The largest absolute Gasteiger partial charge is 0.416 e. The smallest absolute Gasteiger partial charge is 0.341 e. The summed E-state index contributed by atoms with van der Waals surface area (Å²) in [5.74, 6) is -0.914. The first-order valence-electron chi connectivity index (χ1n) is 10.5. The number of nitrogens with zero attached hydrogens (tertiary/aromatic N) is 1. The maximum atomic E-state index is 13.4. The predicted molar refractivity (Wildman–Crippen MR) is 113 cm³/mol. The maximum absolute atomic E-state index is 13.4. The van der Waals surface area contributed by atoms with Crippen LogP contribution in [0.15, 0.2) is 48.0 Å². The van der Waals surface area contributed by atoms with Gasteiger partial charge < -0.3 is 10.2 Å². The van der Waals surface area contributed by atoms with Gasteiger partial charge in [0.25, 0.3) is 0 Å². The average molecular weight is 488 g/mol. The van der Waals surface area contributed by atoms with E-state index in [1.807, 2.05) is 0 Å². The van der Waals surface area contributed by atoms with Crippen molar-refractivity contribution in [3.05, 3.63) is 76.1 Å². The number of carbonyl (C=O) groups is 1. The molecule has 1 N–H and O–H groups in total. The van der Waals surface area contributed by atoms with Crippen molar-refractivity contribution >= 4 is 11.5 Å². The van der Waals surface area contributed by atoms with Gasteiger partial charge in [0.1, 0.15) is 5.82 Å². The number of amides is 1. The lowest BCUT2D eigenvalue weighted by atomic mass is 9.91. The molecule has 0 radical (unpaired) electrons. The Bertz CT molecular complexity index is 1020. The van der Waals surface area contributed by atoms with Gasteiger partial charge in [-0.1, -0.05) is 17.7 Å². The summed E-state index contributed by atoms with van der Waals surface area (Å²) >= 11 is 0. The second-order valence-electron chi connectivity index (χ2n) is 8.18. The van der Waals surface area contributed by atoms with E-state index in [9.17, 15) is 35.5 Å². The number of nitrogens with one attached hydrogen (secondary N) is 1. The molecule has 1 heterocycles. The number of alkyl halides is 6. The summed E-state index contributed by atoms with van der Waals surface area (Å²) in [6.45, 7) is 0.975. The second kappa shape index (κ2) is 10.2. The highest BCUT2D eigenvalue weighted by Crippen LogP contribution is 2.36. The number of hydrogen-bond donors (Lipinski definition) is 1. The topological polar surface area (TPSA) is 32.3 Å². The number of rotatable bonds is 5. The lowest BCUT2D eigenvalue weighted by molar-refractivity contribution is -0.143. The van der Waals surface area contributed by atoms with Crippen molar-refractivity contribution in [3.8, 4) is 0 Å². The van der Waals surface area contributed by atoms with Crippen molar-refractivity contribution in [1.82, 2.24) is 10.2 Å². The van der Waals surface area contributed by atoms with E-state index < -0.39 is 41.7 Å². The number of benzene rings is 2. The Morgan fingerprint density at radius 1 is 0.912 bits per heavy atom. The minimum absolute atomic E-state index is 0.0550. The van der Waals surface area contributed by atoms with Crippen LogP contribution in [0.25, 0.3) is 5.57 Å². The highest BCUT2D eigenvalue weighted by atomic mass is 19.4. The zero-order valence-electron chi connectivity index (χ0n) is 18.3. The van der Waals surface area contributed by atoms with Crippen molar-refractivity contribution in [2.75, 3.05) is 20.1 Å². The summed E-state index contributed by atoms with van der Waals surface area (Å²) in [5, 5.41) is 3.20. The summed E-state index contributed by atoms with van der Waals surface area (Å²) in [7, 11) is 1.32. The van der Waals surface area contributed by atoms with Crippen LogP contribution in [0.5, 0.6) is 0 Å². The molecule has 3 nitrogen and oxygen atoms in total. The maximum Gasteiger partial charge on any atom is 0.416 e. The van der Waals surface area contributed by atoms with Gasteiger partial charge in [0.2, 0.25) is 5.91 Å². The number of carbonyl (C=O) groups excluding carboxylic acids is 1. The summed E-state index contributed by atoms with van der Waals surface area (Å²) in [6.07, 6.45) is -8.69. The highest BCUT2D eigenvalue weighted by Gasteiger charge is 2.37. The molecule has 1 aliphatic rings. The number of piperidine rings is 1. The first kappa shape index (κ1) is 25.7. The molecule has 1 amide bonds. The molecule has 0 bridgehead atoms. The van der Waals surface area contributed by atoms with Crippen LogP contribution in [0.3, 0.4) is 0 Å². The summed E-state index contributed by atoms with van der Waals surface area (Å²) in [4.78, 5) is 14.1. The SMILES string of the molecule is CN(Cc1cc(C(F)(F)F)cc(C(F)(F)F)c1)C(=O)CC(=C1CCNCC1)c1ccc(F)cc1. The normalized spacial score (nSPS) is 14.8. The lowest BCUT2D eigenvalue weighted by Gasteiger charge is -2.24. The van der Waals surface area contributed by atoms with Gasteiger partial charge in [0.15, 0.2) is 0 Å². The van der Waals surface area contributed by atoms with Crippen molar-refractivity contribution in [2.45, 2.75) is 38.2 Å². The molecule has 3 rings (SSSR count). The van der Waals surface area contributed by atoms with E-state index in [0.29, 0.717) is 49.2 Å². The van der Waals surface area contributed by atoms with Gasteiger partial charge in [-0.2, -0.15) is 26.3 Å². The van der Waals surface area contributed by atoms with Gasteiger partial charge in [-0.25, -0.2) is 4.39 Å². The van der Waals surface area contributed by atoms with Crippen molar-refractivity contribution in [3.63, 3.8) is 0 Å². The van der Waals surface area contributed by atoms with Gasteiger partial charge >= 0.3 is 12.4 Å². The molecule has 1 fully saturated rings. The fraction of sp³-hybridized carbons (Fsp3) is 0.375. The fourth-order valence-corrected chi connectivity index (χ4v) is 3.87. The Labute approximate surface area is 192 Å². The molecule has 1 saturated heterocycles. The molecular formula is C24H23F7N2O. The molecule has 34 heavy (non-hydrogen) atoms. The summed E-state index contributed by atoms with van der Waals surface area (Å²) < 4.78 is 92.2. The molecular weight excluding hydrogens is 465 g/mol. The van der Waals surface area contributed by atoms with E-state index >= 15 is 0 Å². The molecule has 0 spiro atoms. The molecule has 0 aliphatic carbocycles. The first-order valence-corrected chi connectivity index (χ1v) is 10.5. The van der Waals surface area contributed by atoms with Crippen LogP contribution in [0, 0.1) is 5.82 Å². The van der Waals surface area contributed by atoms with Crippen LogP contribution in [0.2, 0.25) is 0 Å². The summed E-state index contributed by atoms with van der Waals surface area (Å²) in [6, 6.07) is 6.93. The van der Waals surface area contributed by atoms with Crippen LogP contribution >= 0.6 is 0 Å². The van der Waals surface area contributed by atoms with Crippen molar-refractivity contribution < 1.29 is 35.5 Å². The molecule has 0 atom stereocenters. The van der Waals surface area contributed by atoms with Crippen LogP contribution < -0.4 is 5.32 Å². The second-order valence-corrected chi connectivity index (χ2v) is 8.18. The van der Waals surface area contributed by atoms with E-state index in [4.69, 9.17) is 0 Å². The highest BCUT2D eigenvalue weighted by molar-refractivity contribution is 5.89.